The molecule has 0 unspecified atom stereocenters. The third-order valence-electron chi connectivity index (χ3n) is 2.13. The van der Waals surface area contributed by atoms with Crippen molar-refractivity contribution in [1.82, 2.24) is 4.98 Å². The minimum absolute atomic E-state index is 0.120. The Hall–Kier alpha value is -1.97. The molecule has 0 radical (unpaired) electrons. The number of fused-ring (bicyclic) bond motifs is 1. The smallest absolute Gasteiger partial charge is 0.242 e. The van der Waals surface area contributed by atoms with Crippen molar-refractivity contribution in [3.8, 4) is 11.5 Å². The molecule has 0 bridgehead atoms. The number of nitrogens with one attached hydrogen (secondary N) is 1. The number of nitrogens with zero attached hydrogens (tertiary/aromatic N) is 1. The molecule has 2 aromatic rings. The molecule has 0 aliphatic rings. The Balaban J connectivity index is 2.70. The molecule has 1 aromatic heterocycles. The summed E-state index contributed by atoms with van der Waals surface area (Å²) in [5, 5.41) is 18.8. The van der Waals surface area contributed by atoms with Gasteiger partial charge in [-0.25, -0.2) is 9.55 Å². The summed E-state index contributed by atoms with van der Waals surface area (Å²) in [6.07, 6.45) is 3.49. The Morgan fingerprint density at radius 1 is 1.43 bits per heavy atom. The summed E-state index contributed by atoms with van der Waals surface area (Å²) < 4.78 is 1.89. The van der Waals surface area contributed by atoms with Crippen molar-refractivity contribution in [3.63, 3.8) is 0 Å². The van der Waals surface area contributed by atoms with E-state index in [1.54, 1.807) is 18.5 Å². The highest BCUT2D eigenvalue weighted by molar-refractivity contribution is 5.81. The van der Waals surface area contributed by atoms with E-state index in [4.69, 9.17) is 0 Å². The van der Waals surface area contributed by atoms with Gasteiger partial charge < -0.3 is 10.2 Å². The molecule has 0 spiro atoms. The van der Waals surface area contributed by atoms with Gasteiger partial charge in [0.2, 0.25) is 17.6 Å². The molecule has 3 N–H and O–H groups in total. The highest BCUT2D eigenvalue weighted by atomic mass is 16.3. The summed E-state index contributed by atoms with van der Waals surface area (Å²) in [6, 6.07) is 3.20. The fourth-order valence-corrected chi connectivity index (χ4v) is 1.45. The van der Waals surface area contributed by atoms with Crippen LogP contribution in [0, 0.1) is 0 Å². The van der Waals surface area contributed by atoms with Crippen molar-refractivity contribution in [2.75, 3.05) is 0 Å². The molecule has 0 fully saturated rings. The molecular weight excluding hydrogens is 180 g/mol. The lowest BCUT2D eigenvalue weighted by molar-refractivity contribution is -0.660. The lowest BCUT2D eigenvalue weighted by Crippen LogP contribution is -2.30. The second kappa shape index (κ2) is 3.06. The summed E-state index contributed by atoms with van der Waals surface area (Å²) in [6.45, 7) is 4.29. The van der Waals surface area contributed by atoms with Crippen LogP contribution in [-0.2, 0) is 6.54 Å². The van der Waals surface area contributed by atoms with Crippen LogP contribution in [0.5, 0.6) is 11.5 Å². The van der Waals surface area contributed by atoms with Crippen LogP contribution in [0.25, 0.3) is 11.0 Å². The summed E-state index contributed by atoms with van der Waals surface area (Å²) in [5.41, 5.74) is 1.37. The van der Waals surface area contributed by atoms with Crippen molar-refractivity contribution in [3.05, 3.63) is 31.1 Å². The fourth-order valence-electron chi connectivity index (χ4n) is 1.45. The van der Waals surface area contributed by atoms with E-state index in [9.17, 15) is 10.2 Å². The minimum atomic E-state index is -0.120. The van der Waals surface area contributed by atoms with Gasteiger partial charge in [0.1, 0.15) is 6.54 Å². The zero-order chi connectivity index (χ0) is 10.1. The standard InChI is InChI=1S/C10H10N2O2/c1-2-5-12-6-11-9-7(12)3-4-8(13)10(9)14/h2-4,6,13-14H,1,5H2/p+1. The molecule has 14 heavy (non-hydrogen) atoms. The number of hydrogen-bond acceptors (Lipinski definition) is 2. The lowest BCUT2D eigenvalue weighted by atomic mass is 10.2. The molecule has 1 aromatic carbocycles. The fraction of sp³-hybridized carbons (Fsp3) is 0.100. The van der Waals surface area contributed by atoms with Gasteiger partial charge in [0.15, 0.2) is 11.3 Å². The van der Waals surface area contributed by atoms with Crippen molar-refractivity contribution in [1.29, 1.82) is 0 Å². The molecule has 0 saturated carbocycles. The molecule has 1 heterocycles. The maximum atomic E-state index is 9.52. The SMILES string of the molecule is C=CC[n+]1c[nH]c2c(O)c(O)ccc21. The molecule has 0 atom stereocenters. The minimum Gasteiger partial charge on any atom is -0.504 e. The topological polar surface area (TPSA) is 60.1 Å². The van der Waals surface area contributed by atoms with Crippen LogP contribution in [-0.4, -0.2) is 15.2 Å². The molecule has 0 amide bonds. The van der Waals surface area contributed by atoms with Gasteiger partial charge in [-0.2, -0.15) is 0 Å². The number of phenolic OH excluding ortho intramolecular Hbond substituents is 2. The largest absolute Gasteiger partial charge is 0.504 e. The van der Waals surface area contributed by atoms with E-state index >= 15 is 0 Å². The monoisotopic (exact) mass is 191 g/mol. The van der Waals surface area contributed by atoms with Gasteiger partial charge in [-0.05, 0) is 12.1 Å². The number of benzene rings is 1. The average molecular weight is 191 g/mol. The van der Waals surface area contributed by atoms with E-state index in [0.717, 1.165) is 5.52 Å². The van der Waals surface area contributed by atoms with Crippen LogP contribution in [0.3, 0.4) is 0 Å². The molecule has 4 nitrogen and oxygen atoms in total. The van der Waals surface area contributed by atoms with Crippen molar-refractivity contribution < 1.29 is 14.8 Å². The normalized spacial score (nSPS) is 10.6. The van der Waals surface area contributed by atoms with E-state index in [1.165, 1.54) is 6.07 Å². The van der Waals surface area contributed by atoms with Crippen molar-refractivity contribution >= 4 is 11.0 Å². The summed E-state index contributed by atoms with van der Waals surface area (Å²) >= 11 is 0. The van der Waals surface area contributed by atoms with E-state index in [1.807, 2.05) is 4.57 Å². The Kier molecular flexibility index (Phi) is 1.89. The second-order valence-electron chi connectivity index (χ2n) is 3.04. The average Bonchev–Trinajstić information content (AvgIpc) is 2.57. The van der Waals surface area contributed by atoms with E-state index in [0.29, 0.717) is 12.1 Å². The second-order valence-corrected chi connectivity index (χ2v) is 3.04. The van der Waals surface area contributed by atoms with Crippen molar-refractivity contribution in [2.45, 2.75) is 6.54 Å². The van der Waals surface area contributed by atoms with E-state index in [-0.39, 0.29) is 11.5 Å². The van der Waals surface area contributed by atoms with Crippen LogP contribution < -0.4 is 4.57 Å². The Labute approximate surface area is 80.7 Å². The van der Waals surface area contributed by atoms with Crippen LogP contribution in [0.2, 0.25) is 0 Å². The van der Waals surface area contributed by atoms with Gasteiger partial charge in [0.25, 0.3) is 0 Å². The highest BCUT2D eigenvalue weighted by Gasteiger charge is 2.14. The summed E-state index contributed by atoms with van der Waals surface area (Å²) in [7, 11) is 0. The Bertz CT molecular complexity index is 488. The van der Waals surface area contributed by atoms with Crippen molar-refractivity contribution in [2.24, 2.45) is 0 Å². The first-order chi connectivity index (χ1) is 6.74. The number of aromatic amines is 1. The Morgan fingerprint density at radius 3 is 2.93 bits per heavy atom. The first kappa shape index (κ1) is 8.62. The third kappa shape index (κ3) is 1.12. The number of H-pyrrole nitrogens is 1. The molecule has 4 heteroatoms. The third-order valence-corrected chi connectivity index (χ3v) is 2.13. The quantitative estimate of drug-likeness (QED) is 0.377. The van der Waals surface area contributed by atoms with Crippen LogP contribution in [0.15, 0.2) is 31.1 Å². The zero-order valence-corrected chi connectivity index (χ0v) is 7.57. The lowest BCUT2D eigenvalue weighted by Gasteiger charge is -1.95. The van der Waals surface area contributed by atoms with Gasteiger partial charge in [-0.15, -0.1) is 0 Å². The maximum absolute atomic E-state index is 9.52. The van der Waals surface area contributed by atoms with E-state index in [2.05, 4.69) is 11.6 Å². The van der Waals surface area contributed by atoms with Gasteiger partial charge in [0, 0.05) is 0 Å². The molecule has 0 saturated heterocycles. The van der Waals surface area contributed by atoms with Crippen LogP contribution >= 0.6 is 0 Å². The number of imidazole rings is 1. The summed E-state index contributed by atoms with van der Waals surface area (Å²) in [5.74, 6) is -0.240. The van der Waals surface area contributed by atoms with Crippen LogP contribution in [0.1, 0.15) is 0 Å². The predicted molar refractivity (Wildman–Crippen MR) is 52.0 cm³/mol. The number of aromatic hydroxyl groups is 2. The van der Waals surface area contributed by atoms with Gasteiger partial charge >= 0.3 is 0 Å². The predicted octanol–water partition coefficient (Wildman–Crippen LogP) is 1.05. The molecule has 0 aliphatic heterocycles. The first-order valence-corrected chi connectivity index (χ1v) is 4.26. The van der Waals surface area contributed by atoms with Gasteiger partial charge in [0.05, 0.1) is 0 Å². The highest BCUT2D eigenvalue weighted by Crippen LogP contribution is 2.30. The van der Waals surface area contributed by atoms with E-state index < -0.39 is 0 Å². The number of allylic oxidation sites excluding steroid dienone is 1. The molecule has 72 valence electrons. The number of rotatable bonds is 2. The molecule has 0 aliphatic carbocycles. The first-order valence-electron chi connectivity index (χ1n) is 4.26. The van der Waals surface area contributed by atoms with Gasteiger partial charge in [-0.3, -0.25) is 0 Å². The zero-order valence-electron chi connectivity index (χ0n) is 7.57. The number of hydrogen-bond donors (Lipinski definition) is 3. The number of aromatic nitrogens is 2. The molecular formula is C10H11N2O2+. The summed E-state index contributed by atoms with van der Waals surface area (Å²) in [4.78, 5) is 2.89. The molecule has 2 rings (SSSR count). The Morgan fingerprint density at radius 2 is 2.21 bits per heavy atom. The number of phenols is 2. The maximum Gasteiger partial charge on any atom is 0.242 e. The van der Waals surface area contributed by atoms with Gasteiger partial charge in [-0.1, -0.05) is 12.7 Å². The van der Waals surface area contributed by atoms with Crippen LogP contribution in [0.4, 0.5) is 0 Å².